The summed E-state index contributed by atoms with van der Waals surface area (Å²) in [5.74, 6) is 0. The second kappa shape index (κ2) is 12.7. The average Bonchev–Trinajstić information content (AvgIpc) is 2.49. The Kier molecular flexibility index (Phi) is 12.4. The second-order valence-electron chi connectivity index (χ2n) is 5.64. The van der Waals surface area contributed by atoms with Gasteiger partial charge < -0.3 is 14.7 Å². The van der Waals surface area contributed by atoms with Gasteiger partial charge in [0, 0.05) is 0 Å². The van der Waals surface area contributed by atoms with E-state index in [2.05, 4.69) is 8.83 Å². The first-order chi connectivity index (χ1) is 12.0. The predicted molar refractivity (Wildman–Crippen MR) is 94.9 cm³/mol. The molecule has 0 radical (unpaired) electrons. The first kappa shape index (κ1) is 25.3. The Bertz CT molecular complexity index is 605. The van der Waals surface area contributed by atoms with Gasteiger partial charge >= 0.3 is 15.6 Å². The number of phosphoric acid groups is 2. The lowest BCUT2D eigenvalue weighted by Crippen LogP contribution is -1.94. The zero-order valence-corrected chi connectivity index (χ0v) is 16.6. The van der Waals surface area contributed by atoms with Gasteiger partial charge in [-0.05, 0) is 45.1 Å². The molecule has 0 aliphatic heterocycles. The maximum Gasteiger partial charge on any atom is 0.481 e. The number of alkyl halides is 2. The minimum Gasteiger partial charge on any atom is -0.302 e. The van der Waals surface area contributed by atoms with Gasteiger partial charge in [0.1, 0.15) is 13.3 Å². The third kappa shape index (κ3) is 14.5. The van der Waals surface area contributed by atoms with Crippen molar-refractivity contribution >= 4 is 15.6 Å². The lowest BCUT2D eigenvalue weighted by atomic mass is 10.1. The van der Waals surface area contributed by atoms with Crippen molar-refractivity contribution < 1.29 is 41.4 Å². The van der Waals surface area contributed by atoms with Crippen LogP contribution >= 0.6 is 15.6 Å². The highest BCUT2D eigenvalue weighted by atomic mass is 31.3. The van der Waals surface area contributed by atoms with Gasteiger partial charge in [0.2, 0.25) is 0 Å². The van der Waals surface area contributed by atoms with Crippen LogP contribution in [-0.2, 0) is 18.0 Å². The van der Waals surface area contributed by atoms with E-state index in [1.165, 1.54) is 6.08 Å². The summed E-state index contributed by atoms with van der Waals surface area (Å²) in [5, 5.41) is 0. The Morgan fingerprint density at radius 1 is 0.923 bits per heavy atom. The van der Waals surface area contributed by atoms with E-state index in [0.29, 0.717) is 25.7 Å². The molecule has 0 amide bonds. The van der Waals surface area contributed by atoms with E-state index in [0.717, 1.165) is 11.1 Å². The molecule has 0 saturated heterocycles. The topological polar surface area (TPSA) is 113 Å². The highest BCUT2D eigenvalue weighted by Gasteiger charge is 2.31. The van der Waals surface area contributed by atoms with Crippen LogP contribution in [0.4, 0.5) is 8.78 Å². The number of hydrogen-bond donors (Lipinski definition) is 3. The molecule has 0 aliphatic rings. The molecule has 152 valence electrons. The van der Waals surface area contributed by atoms with Crippen molar-refractivity contribution in [2.24, 2.45) is 0 Å². The van der Waals surface area contributed by atoms with E-state index < -0.39 is 29.0 Å². The van der Waals surface area contributed by atoms with E-state index in [1.54, 1.807) is 13.0 Å². The van der Waals surface area contributed by atoms with E-state index >= 15 is 0 Å². The highest BCUT2D eigenvalue weighted by molar-refractivity contribution is 7.60. The zero-order chi connectivity index (χ0) is 20.2. The van der Waals surface area contributed by atoms with Gasteiger partial charge in [-0.1, -0.05) is 29.4 Å². The van der Waals surface area contributed by atoms with E-state index in [1.807, 2.05) is 13.0 Å². The second-order valence-corrected chi connectivity index (χ2v) is 8.47. The first-order valence-corrected chi connectivity index (χ1v) is 10.9. The van der Waals surface area contributed by atoms with Gasteiger partial charge in [-0.15, -0.1) is 0 Å². The molecule has 1 atom stereocenters. The molecule has 0 aliphatic carbocycles. The molecule has 1 unspecified atom stereocenters. The van der Waals surface area contributed by atoms with Crippen molar-refractivity contribution in [3.63, 3.8) is 0 Å². The van der Waals surface area contributed by atoms with Gasteiger partial charge in [0.25, 0.3) is 0 Å². The molecular formula is C15H26F2O7P2. The summed E-state index contributed by atoms with van der Waals surface area (Å²) in [4.78, 5) is 26.0. The van der Waals surface area contributed by atoms with Crippen molar-refractivity contribution in [1.29, 1.82) is 0 Å². The summed E-state index contributed by atoms with van der Waals surface area (Å²) >= 11 is 0. The molecule has 0 saturated carbocycles. The Balaban J connectivity index is 4.22. The number of halogens is 2. The van der Waals surface area contributed by atoms with E-state index in [-0.39, 0.29) is 12.2 Å². The van der Waals surface area contributed by atoms with Crippen molar-refractivity contribution in [2.45, 2.75) is 39.5 Å². The molecule has 0 fully saturated rings. The Labute approximate surface area is 152 Å². The van der Waals surface area contributed by atoms with Gasteiger partial charge in [0.05, 0.1) is 6.61 Å². The number of rotatable bonds is 13. The summed E-state index contributed by atoms with van der Waals surface area (Å²) < 4.78 is 54.4. The molecule has 3 N–H and O–H groups in total. The Morgan fingerprint density at radius 2 is 1.42 bits per heavy atom. The van der Waals surface area contributed by atoms with Crippen molar-refractivity contribution in [3.8, 4) is 0 Å². The lowest BCUT2D eigenvalue weighted by molar-refractivity contribution is 0.191. The molecule has 0 rings (SSSR count). The normalized spacial score (nSPS) is 15.7. The summed E-state index contributed by atoms with van der Waals surface area (Å²) in [6.45, 7) is 1.82. The van der Waals surface area contributed by atoms with Crippen LogP contribution in [-0.4, -0.2) is 34.6 Å². The van der Waals surface area contributed by atoms with Gasteiger partial charge in [-0.3, -0.25) is 4.52 Å². The monoisotopic (exact) mass is 418 g/mol. The molecular weight excluding hydrogens is 392 g/mol. The first-order valence-electron chi connectivity index (χ1n) is 7.84. The van der Waals surface area contributed by atoms with Crippen LogP contribution in [0.15, 0.2) is 34.9 Å². The third-order valence-electron chi connectivity index (χ3n) is 3.23. The quantitative estimate of drug-likeness (QED) is 0.297. The van der Waals surface area contributed by atoms with Crippen LogP contribution in [0.3, 0.4) is 0 Å². The fourth-order valence-electron chi connectivity index (χ4n) is 1.83. The highest BCUT2D eigenvalue weighted by Crippen LogP contribution is 2.57. The average molecular weight is 418 g/mol. The Morgan fingerprint density at radius 3 is 1.92 bits per heavy atom. The zero-order valence-electron chi connectivity index (χ0n) is 14.8. The summed E-state index contributed by atoms with van der Waals surface area (Å²) in [6.07, 6.45) is 7.67. The molecule has 0 aromatic rings. The predicted octanol–water partition coefficient (Wildman–Crippen LogP) is 4.53. The molecule has 0 bridgehead atoms. The molecule has 0 aromatic heterocycles. The summed E-state index contributed by atoms with van der Waals surface area (Å²) in [5.41, 5.74) is 2.08. The number of phosphoric ester groups is 1. The molecule has 0 spiro atoms. The lowest BCUT2D eigenvalue weighted by Gasteiger charge is -2.11. The van der Waals surface area contributed by atoms with Crippen molar-refractivity contribution in [3.05, 3.63) is 34.9 Å². The van der Waals surface area contributed by atoms with Crippen molar-refractivity contribution in [2.75, 3.05) is 20.0 Å². The minimum atomic E-state index is -5.11. The fourth-order valence-corrected chi connectivity index (χ4v) is 3.36. The molecule has 0 heterocycles. The van der Waals surface area contributed by atoms with Gasteiger partial charge in [0.15, 0.2) is 0 Å². The van der Waals surface area contributed by atoms with Crippen LogP contribution in [0.5, 0.6) is 0 Å². The molecule has 7 nitrogen and oxygen atoms in total. The van der Waals surface area contributed by atoms with Crippen LogP contribution in [0.25, 0.3) is 0 Å². The number of hydrogen-bond acceptors (Lipinski definition) is 4. The molecule has 11 heteroatoms. The van der Waals surface area contributed by atoms with Gasteiger partial charge in [-0.2, -0.15) is 4.31 Å². The summed E-state index contributed by atoms with van der Waals surface area (Å²) in [7, 11) is -9.93. The fraction of sp³-hybridized carbons (Fsp3) is 0.600. The van der Waals surface area contributed by atoms with Gasteiger partial charge in [-0.25, -0.2) is 17.9 Å². The maximum absolute atomic E-state index is 12.3. The minimum absolute atomic E-state index is 0.153. The van der Waals surface area contributed by atoms with E-state index in [4.69, 9.17) is 14.7 Å². The van der Waals surface area contributed by atoms with Crippen LogP contribution in [0.1, 0.15) is 39.5 Å². The standard InChI is InChI=1S/C15H26F2O7P2/c1-13(7-4-8-15(11-16)12-17)5-3-6-14(2)9-10-23-26(21,22)24-25(18,19)20/h5,8-9H,3-4,6-7,10-12H2,1-2H3,(H,21,22)(H2,18,19,20)/b13-5+,14-9-. The summed E-state index contributed by atoms with van der Waals surface area (Å²) in [6, 6.07) is 0. The van der Waals surface area contributed by atoms with Crippen molar-refractivity contribution in [1.82, 2.24) is 0 Å². The smallest absolute Gasteiger partial charge is 0.302 e. The Hall–Kier alpha value is -0.660. The number of allylic oxidation sites excluding steroid dienone is 5. The van der Waals surface area contributed by atoms with Crippen LogP contribution in [0, 0.1) is 0 Å². The van der Waals surface area contributed by atoms with Crippen LogP contribution < -0.4 is 0 Å². The SMILES string of the molecule is C/C(=C/COP(=O)(O)OP(=O)(O)O)CC/C=C(\C)CCC=C(CF)CF. The van der Waals surface area contributed by atoms with Crippen LogP contribution in [0.2, 0.25) is 0 Å². The maximum atomic E-state index is 12.3. The molecule has 26 heavy (non-hydrogen) atoms. The largest absolute Gasteiger partial charge is 0.481 e. The van der Waals surface area contributed by atoms with E-state index in [9.17, 15) is 17.9 Å². The molecule has 0 aromatic carbocycles. The third-order valence-corrected chi connectivity index (χ3v) is 5.38.